The molecule has 6 nitrogen and oxygen atoms in total. The summed E-state index contributed by atoms with van der Waals surface area (Å²) in [4.78, 5) is 20.3. The van der Waals surface area contributed by atoms with Gasteiger partial charge >= 0.3 is 0 Å². The zero-order chi connectivity index (χ0) is 15.3. The van der Waals surface area contributed by atoms with E-state index < -0.39 is 0 Å². The van der Waals surface area contributed by atoms with E-state index in [0.29, 0.717) is 12.1 Å². The molecule has 0 spiro atoms. The fraction of sp³-hybridized carbons (Fsp3) is 0.400. The van der Waals surface area contributed by atoms with E-state index in [2.05, 4.69) is 15.3 Å². The van der Waals surface area contributed by atoms with Crippen LogP contribution in [0.3, 0.4) is 0 Å². The predicted molar refractivity (Wildman–Crippen MR) is 81.2 cm³/mol. The van der Waals surface area contributed by atoms with Crippen molar-refractivity contribution in [3.05, 3.63) is 42.6 Å². The number of hydrogen-bond donors (Lipinski definition) is 2. The quantitative estimate of drug-likeness (QED) is 0.843. The minimum absolute atomic E-state index is 0.156. The first-order valence-electron chi connectivity index (χ1n) is 7.09. The minimum Gasteiger partial charge on any atom is -0.350 e. The average Bonchev–Trinajstić information content (AvgIpc) is 3.07. The summed E-state index contributed by atoms with van der Waals surface area (Å²) in [6, 6.07) is 3.53. The van der Waals surface area contributed by atoms with E-state index in [1.807, 2.05) is 13.8 Å². The number of carbonyl (C=O) groups excluding carboxylic acids is 1. The Morgan fingerprint density at radius 3 is 2.67 bits per heavy atom. The highest BCUT2D eigenvalue weighted by molar-refractivity contribution is 5.94. The molecule has 1 amide bonds. The number of aromatic nitrogens is 3. The number of nitrogens with two attached hydrogens (primary N) is 1. The molecular formula is C15H21N5O. The third-order valence-corrected chi connectivity index (χ3v) is 3.79. The molecule has 21 heavy (non-hydrogen) atoms. The minimum atomic E-state index is -0.347. The van der Waals surface area contributed by atoms with Crippen molar-refractivity contribution in [1.82, 2.24) is 19.9 Å². The lowest BCUT2D eigenvalue weighted by atomic mass is 9.94. The molecule has 0 aromatic carbocycles. The Kier molecular flexibility index (Phi) is 4.70. The molecule has 0 fully saturated rings. The summed E-state index contributed by atoms with van der Waals surface area (Å²) in [5.74, 6) is 0.566. The molecular weight excluding hydrogens is 266 g/mol. The van der Waals surface area contributed by atoms with E-state index in [9.17, 15) is 4.79 Å². The lowest BCUT2D eigenvalue weighted by molar-refractivity contribution is 0.0942. The Hall–Kier alpha value is -2.21. The second kappa shape index (κ2) is 6.49. The fourth-order valence-corrected chi connectivity index (χ4v) is 1.93. The van der Waals surface area contributed by atoms with Gasteiger partial charge in [0.15, 0.2) is 0 Å². The molecule has 2 aromatic heterocycles. The van der Waals surface area contributed by atoms with Gasteiger partial charge in [0, 0.05) is 30.7 Å². The van der Waals surface area contributed by atoms with Crippen LogP contribution < -0.4 is 11.1 Å². The van der Waals surface area contributed by atoms with Crippen LogP contribution in [0, 0.1) is 0 Å². The molecule has 2 aromatic rings. The number of hydrogen-bond acceptors (Lipinski definition) is 4. The SMILES string of the molecule is CCC(N)(CC)CNC(=O)c1ccc(-n2ccnc2)nc1. The average molecular weight is 287 g/mol. The molecule has 0 aliphatic rings. The van der Waals surface area contributed by atoms with Crippen LogP contribution in [0.4, 0.5) is 0 Å². The van der Waals surface area contributed by atoms with Gasteiger partial charge < -0.3 is 11.1 Å². The smallest absolute Gasteiger partial charge is 0.252 e. The zero-order valence-electron chi connectivity index (χ0n) is 12.4. The molecule has 0 radical (unpaired) electrons. The summed E-state index contributed by atoms with van der Waals surface area (Å²) < 4.78 is 1.78. The van der Waals surface area contributed by atoms with Gasteiger partial charge in [-0.15, -0.1) is 0 Å². The van der Waals surface area contributed by atoms with Gasteiger partial charge in [-0.2, -0.15) is 0 Å². The maximum atomic E-state index is 12.1. The van der Waals surface area contributed by atoms with Crippen molar-refractivity contribution in [3.8, 4) is 5.82 Å². The number of nitrogens with zero attached hydrogens (tertiary/aromatic N) is 3. The molecule has 0 saturated heterocycles. The third kappa shape index (κ3) is 3.66. The van der Waals surface area contributed by atoms with Crippen molar-refractivity contribution >= 4 is 5.91 Å². The van der Waals surface area contributed by atoms with Gasteiger partial charge in [-0.05, 0) is 25.0 Å². The van der Waals surface area contributed by atoms with E-state index in [4.69, 9.17) is 5.73 Å². The van der Waals surface area contributed by atoms with Crippen LogP contribution in [0.2, 0.25) is 0 Å². The number of imidazole rings is 1. The molecule has 2 heterocycles. The van der Waals surface area contributed by atoms with Crippen molar-refractivity contribution in [2.24, 2.45) is 5.73 Å². The third-order valence-electron chi connectivity index (χ3n) is 3.79. The Labute approximate surface area is 124 Å². The normalized spacial score (nSPS) is 11.4. The summed E-state index contributed by atoms with van der Waals surface area (Å²) in [6.07, 6.45) is 8.34. The first-order valence-corrected chi connectivity index (χ1v) is 7.09. The molecule has 0 aliphatic heterocycles. The lowest BCUT2D eigenvalue weighted by Gasteiger charge is -2.26. The lowest BCUT2D eigenvalue weighted by Crippen LogP contribution is -2.49. The highest BCUT2D eigenvalue weighted by atomic mass is 16.1. The van der Waals surface area contributed by atoms with Crippen LogP contribution >= 0.6 is 0 Å². The van der Waals surface area contributed by atoms with Crippen molar-refractivity contribution in [3.63, 3.8) is 0 Å². The van der Waals surface area contributed by atoms with Crippen molar-refractivity contribution < 1.29 is 4.79 Å². The second-order valence-electron chi connectivity index (χ2n) is 5.13. The van der Waals surface area contributed by atoms with Crippen molar-refractivity contribution in [2.75, 3.05) is 6.54 Å². The van der Waals surface area contributed by atoms with Crippen LogP contribution in [0.5, 0.6) is 0 Å². The molecule has 112 valence electrons. The summed E-state index contributed by atoms with van der Waals surface area (Å²) in [5.41, 5.74) is 6.34. The van der Waals surface area contributed by atoms with Gasteiger partial charge in [-0.25, -0.2) is 9.97 Å². The summed E-state index contributed by atoms with van der Waals surface area (Å²) in [6.45, 7) is 4.51. The second-order valence-corrected chi connectivity index (χ2v) is 5.13. The Bertz CT molecular complexity index is 573. The van der Waals surface area contributed by atoms with Crippen LogP contribution in [0.15, 0.2) is 37.1 Å². The van der Waals surface area contributed by atoms with Crippen LogP contribution in [-0.4, -0.2) is 32.5 Å². The first kappa shape index (κ1) is 15.2. The topological polar surface area (TPSA) is 85.8 Å². The largest absolute Gasteiger partial charge is 0.350 e. The number of carbonyl (C=O) groups is 1. The van der Waals surface area contributed by atoms with Gasteiger partial charge in [0.25, 0.3) is 5.91 Å². The van der Waals surface area contributed by atoms with Gasteiger partial charge in [-0.3, -0.25) is 9.36 Å². The van der Waals surface area contributed by atoms with Crippen molar-refractivity contribution in [1.29, 1.82) is 0 Å². The predicted octanol–water partition coefficient (Wildman–Crippen LogP) is 1.51. The van der Waals surface area contributed by atoms with Crippen LogP contribution in [0.25, 0.3) is 5.82 Å². The van der Waals surface area contributed by atoms with Gasteiger partial charge in [0.05, 0.1) is 5.56 Å². The Balaban J connectivity index is 2.00. The molecule has 0 saturated carbocycles. The van der Waals surface area contributed by atoms with E-state index in [1.54, 1.807) is 41.6 Å². The maximum Gasteiger partial charge on any atom is 0.252 e. The Morgan fingerprint density at radius 2 is 2.14 bits per heavy atom. The molecule has 0 atom stereocenters. The van der Waals surface area contributed by atoms with Crippen molar-refractivity contribution in [2.45, 2.75) is 32.2 Å². The molecule has 0 unspecified atom stereocenters. The number of nitrogens with one attached hydrogen (secondary N) is 1. The van der Waals surface area contributed by atoms with Crippen LogP contribution in [0.1, 0.15) is 37.0 Å². The number of amides is 1. The van der Waals surface area contributed by atoms with Gasteiger partial charge in [-0.1, -0.05) is 13.8 Å². The zero-order valence-corrected chi connectivity index (χ0v) is 12.4. The van der Waals surface area contributed by atoms with E-state index >= 15 is 0 Å². The number of rotatable bonds is 6. The molecule has 0 aliphatic carbocycles. The first-order chi connectivity index (χ1) is 10.1. The van der Waals surface area contributed by atoms with E-state index in [-0.39, 0.29) is 11.4 Å². The fourth-order valence-electron chi connectivity index (χ4n) is 1.93. The summed E-state index contributed by atoms with van der Waals surface area (Å²) >= 11 is 0. The van der Waals surface area contributed by atoms with E-state index in [1.165, 1.54) is 0 Å². The highest BCUT2D eigenvalue weighted by Gasteiger charge is 2.21. The summed E-state index contributed by atoms with van der Waals surface area (Å²) in [5, 5.41) is 2.87. The van der Waals surface area contributed by atoms with Gasteiger partial charge in [0.1, 0.15) is 12.1 Å². The molecule has 0 bridgehead atoms. The molecule has 2 rings (SSSR count). The maximum absolute atomic E-state index is 12.1. The standard InChI is InChI=1S/C15H21N5O/c1-3-15(16,4-2)10-19-14(21)12-5-6-13(18-9-12)20-8-7-17-11-20/h5-9,11H,3-4,10,16H2,1-2H3,(H,19,21). The highest BCUT2D eigenvalue weighted by Crippen LogP contribution is 2.10. The summed E-state index contributed by atoms with van der Waals surface area (Å²) in [7, 11) is 0. The molecule has 3 N–H and O–H groups in total. The number of pyridine rings is 1. The van der Waals surface area contributed by atoms with Gasteiger partial charge in [0.2, 0.25) is 0 Å². The molecule has 6 heteroatoms. The van der Waals surface area contributed by atoms with Crippen LogP contribution in [-0.2, 0) is 0 Å². The monoisotopic (exact) mass is 287 g/mol. The Morgan fingerprint density at radius 1 is 1.38 bits per heavy atom. The van der Waals surface area contributed by atoms with E-state index in [0.717, 1.165) is 18.7 Å².